The van der Waals surface area contributed by atoms with Crippen LogP contribution in [0.1, 0.15) is 0 Å². The summed E-state index contributed by atoms with van der Waals surface area (Å²) in [5.41, 5.74) is 0.548. The van der Waals surface area contributed by atoms with Crippen LogP contribution in [0.2, 0.25) is 10.0 Å². The van der Waals surface area contributed by atoms with Crippen LogP contribution in [0.25, 0.3) is 11.6 Å². The Morgan fingerprint density at radius 2 is 2.04 bits per heavy atom. The molecule has 2 heterocycles. The summed E-state index contributed by atoms with van der Waals surface area (Å²) in [6.45, 7) is 0. The van der Waals surface area contributed by atoms with Crippen molar-refractivity contribution in [1.29, 1.82) is 0 Å². The van der Waals surface area contributed by atoms with Crippen molar-refractivity contribution >= 4 is 46.6 Å². The molecule has 0 aliphatic heterocycles. The molecule has 0 atom stereocenters. The molecule has 24 heavy (non-hydrogen) atoms. The van der Waals surface area contributed by atoms with Gasteiger partial charge in [0.25, 0.3) is 0 Å². The molecule has 2 aromatic heterocycles. The third-order valence-corrected chi connectivity index (χ3v) is 4.51. The Bertz CT molecular complexity index is 844. The van der Waals surface area contributed by atoms with Gasteiger partial charge in [-0.2, -0.15) is 0 Å². The second kappa shape index (κ2) is 7.29. The van der Waals surface area contributed by atoms with E-state index in [4.69, 9.17) is 27.6 Å². The molecule has 0 saturated carbocycles. The van der Waals surface area contributed by atoms with Gasteiger partial charge >= 0.3 is 0 Å². The lowest BCUT2D eigenvalue weighted by atomic mass is 10.3. The van der Waals surface area contributed by atoms with Crippen molar-refractivity contribution in [2.24, 2.45) is 7.05 Å². The lowest BCUT2D eigenvalue weighted by Gasteiger charge is -2.06. The van der Waals surface area contributed by atoms with E-state index in [1.807, 2.05) is 7.05 Å². The zero-order chi connectivity index (χ0) is 17.1. The predicted molar refractivity (Wildman–Crippen MR) is 94.5 cm³/mol. The molecule has 1 amide bonds. The quantitative estimate of drug-likeness (QED) is 0.672. The average Bonchev–Trinajstić information content (AvgIpc) is 3.13. The molecule has 0 bridgehead atoms. The summed E-state index contributed by atoms with van der Waals surface area (Å²) in [5.74, 6) is 1.20. The van der Waals surface area contributed by atoms with E-state index in [9.17, 15) is 4.79 Å². The molecule has 0 aliphatic rings. The predicted octanol–water partition coefficient (Wildman–Crippen LogP) is 4.11. The van der Waals surface area contributed by atoms with Crippen LogP contribution in [-0.2, 0) is 11.8 Å². The zero-order valence-electron chi connectivity index (χ0n) is 12.5. The van der Waals surface area contributed by atoms with Crippen LogP contribution < -0.4 is 5.32 Å². The summed E-state index contributed by atoms with van der Waals surface area (Å²) in [6, 6.07) is 8.44. The fourth-order valence-corrected chi connectivity index (χ4v) is 3.25. The molecular weight excluding hydrogens is 371 g/mol. The van der Waals surface area contributed by atoms with Gasteiger partial charge in [0.2, 0.25) is 5.91 Å². The molecule has 6 nitrogen and oxygen atoms in total. The molecule has 0 unspecified atom stereocenters. The molecule has 0 saturated heterocycles. The number of hydrogen-bond donors (Lipinski definition) is 1. The maximum atomic E-state index is 12.1. The summed E-state index contributed by atoms with van der Waals surface area (Å²) >= 11 is 13.1. The van der Waals surface area contributed by atoms with E-state index in [-0.39, 0.29) is 11.7 Å². The molecule has 9 heteroatoms. The first-order valence-electron chi connectivity index (χ1n) is 6.85. The summed E-state index contributed by atoms with van der Waals surface area (Å²) < 4.78 is 7.07. The number of anilines is 1. The number of aromatic nitrogens is 3. The third-order valence-electron chi connectivity index (χ3n) is 3.06. The third kappa shape index (κ3) is 3.92. The van der Waals surface area contributed by atoms with E-state index < -0.39 is 0 Å². The first-order valence-corrected chi connectivity index (χ1v) is 8.59. The fourth-order valence-electron chi connectivity index (χ4n) is 2.01. The number of hydrogen-bond acceptors (Lipinski definition) is 5. The molecule has 0 radical (unpaired) electrons. The monoisotopic (exact) mass is 382 g/mol. The molecule has 3 rings (SSSR count). The Morgan fingerprint density at radius 1 is 1.29 bits per heavy atom. The van der Waals surface area contributed by atoms with Gasteiger partial charge in [-0.05, 0) is 30.3 Å². The summed E-state index contributed by atoms with van der Waals surface area (Å²) in [7, 11) is 1.81. The van der Waals surface area contributed by atoms with E-state index in [0.29, 0.717) is 32.5 Å². The van der Waals surface area contributed by atoms with Crippen LogP contribution in [0.5, 0.6) is 0 Å². The Balaban J connectivity index is 1.62. The van der Waals surface area contributed by atoms with Crippen molar-refractivity contribution in [2.45, 2.75) is 5.16 Å². The SMILES string of the molecule is Cn1c(SCC(=O)Nc2cc(Cl)cc(Cl)c2)nnc1-c1ccco1. The molecular formula is C15H12Cl2N4O2S. The molecule has 1 N–H and O–H groups in total. The number of rotatable bonds is 5. The number of carbonyl (C=O) groups is 1. The number of halogens is 2. The minimum Gasteiger partial charge on any atom is -0.461 e. The molecule has 124 valence electrons. The van der Waals surface area contributed by atoms with Gasteiger partial charge in [-0.1, -0.05) is 35.0 Å². The van der Waals surface area contributed by atoms with Gasteiger partial charge in [0, 0.05) is 22.8 Å². The van der Waals surface area contributed by atoms with Crippen LogP contribution >= 0.6 is 35.0 Å². The van der Waals surface area contributed by atoms with Gasteiger partial charge in [-0.3, -0.25) is 4.79 Å². The van der Waals surface area contributed by atoms with E-state index in [0.717, 1.165) is 0 Å². The lowest BCUT2D eigenvalue weighted by molar-refractivity contribution is -0.113. The van der Waals surface area contributed by atoms with Crippen molar-refractivity contribution in [1.82, 2.24) is 14.8 Å². The Hall–Kier alpha value is -1.96. The van der Waals surface area contributed by atoms with E-state index in [1.54, 1.807) is 41.2 Å². The van der Waals surface area contributed by atoms with E-state index in [2.05, 4.69) is 15.5 Å². The van der Waals surface area contributed by atoms with Gasteiger partial charge in [0.05, 0.1) is 12.0 Å². The van der Waals surface area contributed by atoms with Crippen molar-refractivity contribution < 1.29 is 9.21 Å². The maximum Gasteiger partial charge on any atom is 0.234 e. The first kappa shape index (κ1) is 16.9. The van der Waals surface area contributed by atoms with Gasteiger partial charge in [0.1, 0.15) is 0 Å². The van der Waals surface area contributed by atoms with Gasteiger partial charge < -0.3 is 14.3 Å². The summed E-state index contributed by atoms with van der Waals surface area (Å²) in [4.78, 5) is 12.1. The minimum atomic E-state index is -0.194. The van der Waals surface area contributed by atoms with Crippen LogP contribution in [0.3, 0.4) is 0 Å². The van der Waals surface area contributed by atoms with E-state index >= 15 is 0 Å². The topological polar surface area (TPSA) is 73.0 Å². The standard InChI is InChI=1S/C15H12Cl2N4O2S/c1-21-14(12-3-2-4-23-12)19-20-15(21)24-8-13(22)18-11-6-9(16)5-10(17)7-11/h2-7H,8H2,1H3,(H,18,22). The van der Waals surface area contributed by atoms with Crippen LogP contribution in [0.4, 0.5) is 5.69 Å². The molecule has 0 aliphatic carbocycles. The van der Waals surface area contributed by atoms with Gasteiger partial charge in [0.15, 0.2) is 16.7 Å². The van der Waals surface area contributed by atoms with E-state index in [1.165, 1.54) is 11.8 Å². The number of carbonyl (C=O) groups excluding carboxylic acids is 1. The highest BCUT2D eigenvalue weighted by atomic mass is 35.5. The number of nitrogens with one attached hydrogen (secondary N) is 1. The lowest BCUT2D eigenvalue weighted by Crippen LogP contribution is -2.14. The van der Waals surface area contributed by atoms with Gasteiger partial charge in [-0.15, -0.1) is 10.2 Å². The normalized spacial score (nSPS) is 10.8. The molecule has 0 fully saturated rings. The van der Waals surface area contributed by atoms with Crippen molar-refractivity contribution in [3.05, 3.63) is 46.6 Å². The smallest absolute Gasteiger partial charge is 0.234 e. The molecule has 1 aromatic carbocycles. The summed E-state index contributed by atoms with van der Waals surface area (Å²) in [6.07, 6.45) is 1.57. The zero-order valence-corrected chi connectivity index (χ0v) is 14.8. The summed E-state index contributed by atoms with van der Waals surface area (Å²) in [5, 5.41) is 12.4. The number of nitrogens with zero attached hydrogens (tertiary/aromatic N) is 3. The number of amides is 1. The molecule has 3 aromatic rings. The highest BCUT2D eigenvalue weighted by Gasteiger charge is 2.14. The van der Waals surface area contributed by atoms with Crippen molar-refractivity contribution in [3.8, 4) is 11.6 Å². The highest BCUT2D eigenvalue weighted by molar-refractivity contribution is 7.99. The molecule has 0 spiro atoms. The largest absolute Gasteiger partial charge is 0.461 e. The van der Waals surface area contributed by atoms with Gasteiger partial charge in [-0.25, -0.2) is 0 Å². The van der Waals surface area contributed by atoms with Crippen LogP contribution in [0, 0.1) is 0 Å². The average molecular weight is 383 g/mol. The number of furan rings is 1. The Morgan fingerprint density at radius 3 is 2.71 bits per heavy atom. The highest BCUT2D eigenvalue weighted by Crippen LogP contribution is 2.24. The van der Waals surface area contributed by atoms with Crippen LogP contribution in [0.15, 0.2) is 46.2 Å². The number of benzene rings is 1. The van der Waals surface area contributed by atoms with Crippen molar-refractivity contribution in [2.75, 3.05) is 11.1 Å². The Kier molecular flexibility index (Phi) is 5.13. The maximum absolute atomic E-state index is 12.1. The Labute approximate surface area is 152 Å². The first-order chi connectivity index (χ1) is 11.5. The second-order valence-corrected chi connectivity index (χ2v) is 6.65. The second-order valence-electron chi connectivity index (χ2n) is 4.84. The minimum absolute atomic E-state index is 0.175. The fraction of sp³-hybridized carbons (Fsp3) is 0.133. The number of thioether (sulfide) groups is 1. The van der Waals surface area contributed by atoms with Crippen molar-refractivity contribution in [3.63, 3.8) is 0 Å². The van der Waals surface area contributed by atoms with Crippen LogP contribution in [-0.4, -0.2) is 26.4 Å².